The maximum absolute atomic E-state index is 12.6. The fourth-order valence-electron chi connectivity index (χ4n) is 3.45. The van der Waals surface area contributed by atoms with Gasteiger partial charge >= 0.3 is 0 Å². The number of carbonyl (C=O) groups excluding carboxylic acids is 2. The maximum atomic E-state index is 12.6. The molecule has 0 atom stereocenters. The molecular formula is C19H25N5O2S. The summed E-state index contributed by atoms with van der Waals surface area (Å²) in [6, 6.07) is 4.17. The van der Waals surface area contributed by atoms with Gasteiger partial charge in [0.15, 0.2) is 5.82 Å². The van der Waals surface area contributed by atoms with Gasteiger partial charge in [-0.1, -0.05) is 6.07 Å². The third-order valence-corrected chi connectivity index (χ3v) is 6.15. The number of hydrogen-bond donors (Lipinski definition) is 1. The van der Waals surface area contributed by atoms with Gasteiger partial charge in [-0.05, 0) is 37.1 Å². The van der Waals surface area contributed by atoms with Crippen molar-refractivity contribution in [3.63, 3.8) is 0 Å². The maximum Gasteiger partial charge on any atom is 0.223 e. The van der Waals surface area contributed by atoms with Crippen LogP contribution in [0.1, 0.15) is 42.2 Å². The van der Waals surface area contributed by atoms with E-state index in [9.17, 15) is 9.59 Å². The lowest BCUT2D eigenvalue weighted by Crippen LogP contribution is -2.33. The van der Waals surface area contributed by atoms with Crippen molar-refractivity contribution in [2.24, 2.45) is 5.92 Å². The Morgan fingerprint density at radius 2 is 2.11 bits per heavy atom. The van der Waals surface area contributed by atoms with Crippen molar-refractivity contribution in [1.82, 2.24) is 25.0 Å². The van der Waals surface area contributed by atoms with Gasteiger partial charge in [0.25, 0.3) is 0 Å². The molecule has 1 saturated carbocycles. The van der Waals surface area contributed by atoms with Crippen LogP contribution < -0.4 is 5.32 Å². The molecular weight excluding hydrogens is 362 g/mol. The Bertz CT molecular complexity index is 797. The predicted molar refractivity (Wildman–Crippen MR) is 102 cm³/mol. The van der Waals surface area contributed by atoms with Gasteiger partial charge in [-0.15, -0.1) is 21.5 Å². The Labute approximate surface area is 162 Å². The van der Waals surface area contributed by atoms with Crippen molar-refractivity contribution in [1.29, 1.82) is 0 Å². The van der Waals surface area contributed by atoms with E-state index in [-0.39, 0.29) is 17.7 Å². The Hall–Kier alpha value is -2.22. The monoisotopic (exact) mass is 387 g/mol. The number of aromatic nitrogens is 3. The molecule has 2 aromatic heterocycles. The molecule has 3 heterocycles. The second-order valence-corrected chi connectivity index (χ2v) is 8.27. The van der Waals surface area contributed by atoms with Crippen molar-refractivity contribution in [2.75, 3.05) is 13.1 Å². The SMILES string of the molecule is O=C(NCc1nnc2n1CCN(C(=O)CCCc1cccs1)CC2)C1CC1. The van der Waals surface area contributed by atoms with Gasteiger partial charge < -0.3 is 14.8 Å². The molecule has 4 rings (SSSR count). The van der Waals surface area contributed by atoms with E-state index in [4.69, 9.17) is 0 Å². The van der Waals surface area contributed by atoms with Gasteiger partial charge in [0, 0.05) is 43.3 Å². The van der Waals surface area contributed by atoms with E-state index in [1.54, 1.807) is 11.3 Å². The predicted octanol–water partition coefficient (Wildman–Crippen LogP) is 1.77. The Morgan fingerprint density at radius 3 is 2.89 bits per heavy atom. The number of nitrogens with zero attached hydrogens (tertiary/aromatic N) is 4. The van der Waals surface area contributed by atoms with Crippen molar-refractivity contribution < 1.29 is 9.59 Å². The molecule has 7 nitrogen and oxygen atoms in total. The van der Waals surface area contributed by atoms with E-state index in [0.717, 1.165) is 37.3 Å². The van der Waals surface area contributed by atoms with Crippen LogP contribution in [-0.4, -0.2) is 44.6 Å². The summed E-state index contributed by atoms with van der Waals surface area (Å²) in [7, 11) is 0. The van der Waals surface area contributed by atoms with E-state index in [1.165, 1.54) is 4.88 Å². The number of fused-ring (bicyclic) bond motifs is 1. The molecule has 1 aliphatic heterocycles. The highest BCUT2D eigenvalue weighted by Gasteiger charge is 2.30. The highest BCUT2D eigenvalue weighted by atomic mass is 32.1. The lowest BCUT2D eigenvalue weighted by molar-refractivity contribution is -0.131. The molecule has 1 fully saturated rings. The number of aryl methyl sites for hydroxylation is 1. The highest BCUT2D eigenvalue weighted by molar-refractivity contribution is 7.09. The Kier molecular flexibility index (Phi) is 5.52. The molecule has 0 unspecified atom stereocenters. The van der Waals surface area contributed by atoms with Crippen molar-refractivity contribution in [2.45, 2.75) is 51.6 Å². The van der Waals surface area contributed by atoms with Crippen LogP contribution in [-0.2, 0) is 35.5 Å². The summed E-state index contributed by atoms with van der Waals surface area (Å²) in [4.78, 5) is 27.7. The molecule has 0 spiro atoms. The Balaban J connectivity index is 1.27. The molecule has 0 radical (unpaired) electrons. The van der Waals surface area contributed by atoms with Crippen molar-refractivity contribution >= 4 is 23.2 Å². The average Bonchev–Trinajstić information content (AvgIpc) is 3.33. The molecule has 1 N–H and O–H groups in total. The topological polar surface area (TPSA) is 80.1 Å². The van der Waals surface area contributed by atoms with Crippen LogP contribution in [0, 0.1) is 5.92 Å². The standard InChI is InChI=1S/C19H25N5O2S/c25-18(5-1-3-15-4-2-12-27-15)23-9-8-16-21-22-17(24(16)11-10-23)13-20-19(26)14-6-7-14/h2,4,12,14H,1,3,5-11,13H2,(H,20,26). The fourth-order valence-corrected chi connectivity index (χ4v) is 4.20. The second-order valence-electron chi connectivity index (χ2n) is 7.24. The van der Waals surface area contributed by atoms with Crippen LogP contribution in [0.5, 0.6) is 0 Å². The van der Waals surface area contributed by atoms with Crippen LogP contribution in [0.4, 0.5) is 0 Å². The third-order valence-electron chi connectivity index (χ3n) is 5.22. The summed E-state index contributed by atoms with van der Waals surface area (Å²) in [6.07, 6.45) is 5.14. The first-order valence-electron chi connectivity index (χ1n) is 9.69. The molecule has 0 aromatic carbocycles. The highest BCUT2D eigenvalue weighted by Crippen LogP contribution is 2.28. The minimum Gasteiger partial charge on any atom is -0.349 e. The third kappa shape index (κ3) is 4.55. The quantitative estimate of drug-likeness (QED) is 0.785. The largest absolute Gasteiger partial charge is 0.349 e. The van der Waals surface area contributed by atoms with Crippen LogP contribution in [0.2, 0.25) is 0 Å². The summed E-state index contributed by atoms with van der Waals surface area (Å²) in [5.74, 6) is 2.21. The van der Waals surface area contributed by atoms with Gasteiger partial charge in [-0.2, -0.15) is 0 Å². The van der Waals surface area contributed by atoms with Crippen LogP contribution in [0.3, 0.4) is 0 Å². The van der Waals surface area contributed by atoms with Crippen LogP contribution in [0.15, 0.2) is 17.5 Å². The first-order chi connectivity index (χ1) is 13.2. The summed E-state index contributed by atoms with van der Waals surface area (Å²) in [6.45, 7) is 2.46. The lowest BCUT2D eigenvalue weighted by Gasteiger charge is -2.20. The number of rotatable bonds is 7. The number of carbonyl (C=O) groups is 2. The molecule has 144 valence electrons. The molecule has 2 aromatic rings. The molecule has 2 aliphatic rings. The zero-order valence-corrected chi connectivity index (χ0v) is 16.2. The summed E-state index contributed by atoms with van der Waals surface area (Å²) in [5.41, 5.74) is 0. The van der Waals surface area contributed by atoms with Crippen molar-refractivity contribution in [3.8, 4) is 0 Å². The number of amides is 2. The van der Waals surface area contributed by atoms with E-state index in [1.807, 2.05) is 4.90 Å². The summed E-state index contributed by atoms with van der Waals surface area (Å²) >= 11 is 1.75. The smallest absolute Gasteiger partial charge is 0.223 e. The fraction of sp³-hybridized carbons (Fsp3) is 0.579. The lowest BCUT2D eigenvalue weighted by atomic mass is 10.2. The molecule has 2 amide bonds. The number of nitrogens with one attached hydrogen (secondary N) is 1. The van der Waals surface area contributed by atoms with E-state index in [0.29, 0.717) is 39.0 Å². The van der Waals surface area contributed by atoms with Gasteiger partial charge in [-0.3, -0.25) is 9.59 Å². The van der Waals surface area contributed by atoms with Gasteiger partial charge in [0.1, 0.15) is 5.82 Å². The van der Waals surface area contributed by atoms with E-state index >= 15 is 0 Å². The summed E-state index contributed by atoms with van der Waals surface area (Å²) < 4.78 is 2.06. The first kappa shape index (κ1) is 18.2. The van der Waals surface area contributed by atoms with Crippen LogP contribution >= 0.6 is 11.3 Å². The first-order valence-corrected chi connectivity index (χ1v) is 10.6. The zero-order valence-electron chi connectivity index (χ0n) is 15.4. The van der Waals surface area contributed by atoms with E-state index in [2.05, 4.69) is 37.6 Å². The average molecular weight is 388 g/mol. The molecule has 0 bridgehead atoms. The number of hydrogen-bond acceptors (Lipinski definition) is 5. The number of thiophene rings is 1. The Morgan fingerprint density at radius 1 is 1.22 bits per heavy atom. The van der Waals surface area contributed by atoms with Gasteiger partial charge in [0.2, 0.25) is 11.8 Å². The molecule has 27 heavy (non-hydrogen) atoms. The minimum atomic E-state index is 0.114. The molecule has 1 aliphatic carbocycles. The molecule has 0 saturated heterocycles. The summed E-state index contributed by atoms with van der Waals surface area (Å²) in [5, 5.41) is 13.5. The van der Waals surface area contributed by atoms with Crippen molar-refractivity contribution in [3.05, 3.63) is 34.0 Å². The van der Waals surface area contributed by atoms with Crippen LogP contribution in [0.25, 0.3) is 0 Å². The molecule has 8 heteroatoms. The second kappa shape index (κ2) is 8.21. The van der Waals surface area contributed by atoms with Gasteiger partial charge in [0.05, 0.1) is 6.54 Å². The normalized spacial score (nSPS) is 16.7. The zero-order chi connectivity index (χ0) is 18.6. The van der Waals surface area contributed by atoms with E-state index < -0.39 is 0 Å². The van der Waals surface area contributed by atoms with Gasteiger partial charge in [-0.25, -0.2) is 0 Å². The minimum absolute atomic E-state index is 0.114.